The van der Waals surface area contributed by atoms with Gasteiger partial charge >= 0.3 is 6.09 Å². The Hall–Kier alpha value is -2.73. The van der Waals surface area contributed by atoms with E-state index in [4.69, 9.17) is 11.6 Å². The van der Waals surface area contributed by atoms with Gasteiger partial charge in [-0.2, -0.15) is 10.4 Å². The molecule has 30 heavy (non-hydrogen) atoms. The fraction of sp³-hybridized carbons (Fsp3) is 0.500. The molecule has 0 aromatic carbocycles. The normalized spacial score (nSPS) is 22.4. The third kappa shape index (κ3) is 3.01. The third-order valence-electron chi connectivity index (χ3n) is 5.85. The number of fused-ring (bicyclic) bond motifs is 1. The van der Waals surface area contributed by atoms with E-state index in [2.05, 4.69) is 10.1 Å². The van der Waals surface area contributed by atoms with Gasteiger partial charge in [0, 0.05) is 30.3 Å². The van der Waals surface area contributed by atoms with Crippen LogP contribution in [-0.2, 0) is 12.3 Å². The lowest BCUT2D eigenvalue weighted by molar-refractivity contribution is -0.0319. The molecule has 4 rings (SSSR count). The van der Waals surface area contributed by atoms with Crippen LogP contribution in [0.25, 0.3) is 11.3 Å². The largest absolute Gasteiger partial charge is 0.465 e. The van der Waals surface area contributed by atoms with Gasteiger partial charge in [-0.1, -0.05) is 32.4 Å². The van der Waals surface area contributed by atoms with Gasteiger partial charge in [0.15, 0.2) is 0 Å². The number of hydrogen-bond acceptors (Lipinski definition) is 4. The van der Waals surface area contributed by atoms with E-state index in [-0.39, 0.29) is 46.7 Å². The zero-order valence-corrected chi connectivity index (χ0v) is 17.4. The van der Waals surface area contributed by atoms with Crippen molar-refractivity contribution in [2.75, 3.05) is 6.54 Å². The molecule has 2 unspecified atom stereocenters. The van der Waals surface area contributed by atoms with Gasteiger partial charge in [0.05, 0.1) is 29.5 Å². The van der Waals surface area contributed by atoms with Crippen molar-refractivity contribution in [3.05, 3.63) is 34.2 Å². The van der Waals surface area contributed by atoms with E-state index in [1.807, 2.05) is 20.8 Å². The van der Waals surface area contributed by atoms with Crippen molar-refractivity contribution in [2.45, 2.75) is 51.6 Å². The van der Waals surface area contributed by atoms with Crippen molar-refractivity contribution in [1.82, 2.24) is 19.7 Å². The van der Waals surface area contributed by atoms with E-state index in [0.29, 0.717) is 16.8 Å². The SMILES string of the molecule is CC(C)(C)C1C(n2cc(-c3nc(Cl)c(C#N)c4c3CCC4(F)F)cn2)CN1C(=O)O. The zero-order valence-electron chi connectivity index (χ0n) is 16.7. The summed E-state index contributed by atoms with van der Waals surface area (Å²) in [5.41, 5.74) is 0.173. The number of hydrogen-bond donors (Lipinski definition) is 1. The molecule has 2 aromatic heterocycles. The second-order valence-corrected chi connectivity index (χ2v) is 9.18. The van der Waals surface area contributed by atoms with Crippen LogP contribution < -0.4 is 0 Å². The second kappa shape index (κ2) is 6.64. The van der Waals surface area contributed by atoms with Crippen molar-refractivity contribution in [2.24, 2.45) is 5.41 Å². The maximum atomic E-state index is 14.4. The molecule has 2 aliphatic rings. The van der Waals surface area contributed by atoms with Gasteiger partial charge in [-0.05, 0) is 17.4 Å². The first-order valence-electron chi connectivity index (χ1n) is 9.50. The average Bonchev–Trinajstić information content (AvgIpc) is 3.17. The van der Waals surface area contributed by atoms with Crippen LogP contribution in [0.2, 0.25) is 5.15 Å². The van der Waals surface area contributed by atoms with E-state index in [9.17, 15) is 23.9 Å². The summed E-state index contributed by atoms with van der Waals surface area (Å²) in [5, 5.41) is 22.8. The van der Waals surface area contributed by atoms with Gasteiger partial charge in [0.2, 0.25) is 0 Å². The Labute approximate surface area is 176 Å². The maximum Gasteiger partial charge on any atom is 0.407 e. The Balaban J connectivity index is 1.75. The molecule has 0 radical (unpaired) electrons. The average molecular weight is 436 g/mol. The minimum absolute atomic E-state index is 0.0858. The van der Waals surface area contributed by atoms with Gasteiger partial charge in [-0.15, -0.1) is 0 Å². The number of nitrogens with zero attached hydrogens (tertiary/aromatic N) is 5. The molecule has 158 valence electrons. The van der Waals surface area contributed by atoms with E-state index in [1.165, 1.54) is 11.1 Å². The monoisotopic (exact) mass is 435 g/mol. The molecule has 7 nitrogen and oxygen atoms in total. The minimum Gasteiger partial charge on any atom is -0.465 e. The summed E-state index contributed by atoms with van der Waals surface area (Å²) in [4.78, 5) is 17.1. The van der Waals surface area contributed by atoms with Crippen LogP contribution in [0.5, 0.6) is 0 Å². The molecular formula is C20H20ClF2N5O2. The number of pyridine rings is 1. The Kier molecular flexibility index (Phi) is 4.54. The zero-order chi connectivity index (χ0) is 22.0. The van der Waals surface area contributed by atoms with E-state index in [1.54, 1.807) is 16.9 Å². The maximum absolute atomic E-state index is 14.4. The van der Waals surface area contributed by atoms with Gasteiger partial charge < -0.3 is 10.0 Å². The molecule has 1 saturated heterocycles. The number of likely N-dealkylation sites (tertiary alicyclic amines) is 1. The van der Waals surface area contributed by atoms with Crippen LogP contribution in [0.1, 0.15) is 49.9 Å². The molecule has 1 aliphatic carbocycles. The Morgan fingerprint density at radius 1 is 1.43 bits per heavy atom. The van der Waals surface area contributed by atoms with Crippen LogP contribution >= 0.6 is 11.6 Å². The minimum atomic E-state index is -3.13. The Morgan fingerprint density at radius 2 is 2.13 bits per heavy atom. The Bertz CT molecular complexity index is 1090. The van der Waals surface area contributed by atoms with Crippen LogP contribution in [0, 0.1) is 16.7 Å². The standard InChI is InChI=1S/C20H20ClF2N5O2/c1-19(2,3)16-13(9-27(16)18(29)30)28-8-10(7-25-28)15-11-4-5-20(22,23)14(11)12(6-24)17(21)26-15/h7-8,13,16H,4-5,9H2,1-3H3,(H,29,30). The summed E-state index contributed by atoms with van der Waals surface area (Å²) >= 11 is 6.07. The molecule has 1 aliphatic heterocycles. The highest BCUT2D eigenvalue weighted by Gasteiger charge is 2.50. The van der Waals surface area contributed by atoms with Crippen molar-refractivity contribution >= 4 is 17.7 Å². The molecule has 0 bridgehead atoms. The summed E-state index contributed by atoms with van der Waals surface area (Å²) in [5.74, 6) is -3.13. The Morgan fingerprint density at radius 3 is 2.73 bits per heavy atom. The number of amides is 1. The first-order valence-corrected chi connectivity index (χ1v) is 9.88. The van der Waals surface area contributed by atoms with Crippen molar-refractivity contribution < 1.29 is 18.7 Å². The van der Waals surface area contributed by atoms with E-state index < -0.39 is 18.4 Å². The summed E-state index contributed by atoms with van der Waals surface area (Å²) in [6, 6.07) is 1.29. The molecule has 0 saturated carbocycles. The van der Waals surface area contributed by atoms with E-state index in [0.717, 1.165) is 0 Å². The highest BCUT2D eigenvalue weighted by molar-refractivity contribution is 6.30. The fourth-order valence-corrected chi connectivity index (χ4v) is 4.81. The molecule has 1 fully saturated rings. The number of aromatic nitrogens is 3. The molecule has 1 amide bonds. The van der Waals surface area contributed by atoms with Gasteiger partial charge in [-0.25, -0.2) is 18.6 Å². The van der Waals surface area contributed by atoms with Gasteiger partial charge in [-0.3, -0.25) is 4.68 Å². The van der Waals surface area contributed by atoms with Crippen molar-refractivity contribution in [1.29, 1.82) is 5.26 Å². The lowest BCUT2D eigenvalue weighted by atomic mass is 9.76. The predicted octanol–water partition coefficient (Wildman–Crippen LogP) is 4.46. The summed E-state index contributed by atoms with van der Waals surface area (Å²) in [6.07, 6.45) is 1.90. The second-order valence-electron chi connectivity index (χ2n) is 8.82. The molecule has 2 aromatic rings. The number of halogens is 3. The van der Waals surface area contributed by atoms with Crippen molar-refractivity contribution in [3.63, 3.8) is 0 Å². The predicted molar refractivity (Wildman–Crippen MR) is 104 cm³/mol. The number of carboxylic acid groups (broad SMARTS) is 1. The molecule has 0 spiro atoms. The topological polar surface area (TPSA) is 95.0 Å². The number of alkyl halides is 2. The molecule has 3 heterocycles. The molecular weight excluding hydrogens is 416 g/mol. The summed E-state index contributed by atoms with van der Waals surface area (Å²) in [7, 11) is 0. The first kappa shape index (κ1) is 20.5. The highest BCUT2D eigenvalue weighted by atomic mass is 35.5. The van der Waals surface area contributed by atoms with Crippen LogP contribution in [0.15, 0.2) is 12.4 Å². The fourth-order valence-electron chi connectivity index (χ4n) is 4.59. The van der Waals surface area contributed by atoms with Crippen LogP contribution in [-0.4, -0.2) is 43.5 Å². The van der Waals surface area contributed by atoms with Gasteiger partial charge in [0.25, 0.3) is 5.92 Å². The van der Waals surface area contributed by atoms with E-state index >= 15 is 0 Å². The number of rotatable bonds is 2. The highest BCUT2D eigenvalue weighted by Crippen LogP contribution is 2.48. The lowest BCUT2D eigenvalue weighted by Crippen LogP contribution is -2.63. The van der Waals surface area contributed by atoms with Gasteiger partial charge in [0.1, 0.15) is 11.2 Å². The smallest absolute Gasteiger partial charge is 0.407 e. The number of carbonyl (C=O) groups is 1. The summed E-state index contributed by atoms with van der Waals surface area (Å²) < 4.78 is 30.5. The molecule has 1 N–H and O–H groups in total. The van der Waals surface area contributed by atoms with Crippen LogP contribution in [0.3, 0.4) is 0 Å². The summed E-state index contributed by atoms with van der Waals surface area (Å²) in [6.45, 7) is 6.17. The third-order valence-corrected chi connectivity index (χ3v) is 6.13. The molecule has 2 atom stereocenters. The van der Waals surface area contributed by atoms with Crippen molar-refractivity contribution in [3.8, 4) is 17.3 Å². The lowest BCUT2D eigenvalue weighted by Gasteiger charge is -2.52. The molecule has 10 heteroatoms. The quantitative estimate of drug-likeness (QED) is 0.703. The van der Waals surface area contributed by atoms with Crippen LogP contribution in [0.4, 0.5) is 13.6 Å². The first-order chi connectivity index (χ1) is 14.0. The number of nitriles is 1.